The molecule has 1 aromatic carbocycles. The van der Waals surface area contributed by atoms with Crippen LogP contribution in [0.1, 0.15) is 36.0 Å². The van der Waals surface area contributed by atoms with Crippen molar-refractivity contribution in [2.75, 3.05) is 72.6 Å². The van der Waals surface area contributed by atoms with E-state index >= 15 is 0 Å². The van der Waals surface area contributed by atoms with Crippen LogP contribution in [0.15, 0.2) is 24.3 Å². The predicted molar refractivity (Wildman–Crippen MR) is 116 cm³/mol. The Labute approximate surface area is 175 Å². The number of carbonyl (C=O) groups excluding carboxylic acids is 1. The molecular weight excluding hydrogens is 364 g/mol. The normalized spacial score (nSPS) is 24.3. The molecule has 3 saturated heterocycles. The summed E-state index contributed by atoms with van der Waals surface area (Å²) in [6, 6.07) is 8.13. The third-order valence-electron chi connectivity index (χ3n) is 6.68. The molecule has 1 atom stereocenters. The van der Waals surface area contributed by atoms with Crippen LogP contribution in [0.3, 0.4) is 0 Å². The van der Waals surface area contributed by atoms with Gasteiger partial charge in [0.25, 0.3) is 5.91 Å². The zero-order chi connectivity index (χ0) is 20.1. The Balaban J connectivity index is 1.25. The number of nitrogens with zero attached hydrogens (tertiary/aromatic N) is 4. The second-order valence-corrected chi connectivity index (χ2v) is 8.82. The average Bonchev–Trinajstić information content (AvgIpc) is 3.42. The highest BCUT2D eigenvalue weighted by atomic mass is 16.5. The molecule has 6 heteroatoms. The minimum absolute atomic E-state index is 0.177. The highest BCUT2D eigenvalue weighted by molar-refractivity contribution is 5.94. The Morgan fingerprint density at radius 3 is 2.38 bits per heavy atom. The van der Waals surface area contributed by atoms with Crippen molar-refractivity contribution >= 4 is 5.91 Å². The molecule has 6 nitrogen and oxygen atoms in total. The molecule has 1 aromatic rings. The van der Waals surface area contributed by atoms with Gasteiger partial charge in [0.05, 0.1) is 0 Å². The van der Waals surface area contributed by atoms with Gasteiger partial charge in [-0.1, -0.05) is 0 Å². The smallest absolute Gasteiger partial charge is 0.254 e. The van der Waals surface area contributed by atoms with Gasteiger partial charge in [0, 0.05) is 57.4 Å². The fourth-order valence-electron chi connectivity index (χ4n) is 4.78. The Morgan fingerprint density at radius 1 is 0.931 bits per heavy atom. The van der Waals surface area contributed by atoms with Crippen molar-refractivity contribution in [3.63, 3.8) is 0 Å². The van der Waals surface area contributed by atoms with E-state index in [0.717, 1.165) is 70.0 Å². The lowest BCUT2D eigenvalue weighted by atomic mass is 10.1. The lowest BCUT2D eigenvalue weighted by molar-refractivity contribution is 0.0708. The Hall–Kier alpha value is -1.63. The summed E-state index contributed by atoms with van der Waals surface area (Å²) in [4.78, 5) is 22.5. The summed E-state index contributed by atoms with van der Waals surface area (Å²) in [5.74, 6) is 1.03. The summed E-state index contributed by atoms with van der Waals surface area (Å²) < 4.78 is 5.92. The largest absolute Gasteiger partial charge is 0.492 e. The second kappa shape index (κ2) is 9.92. The van der Waals surface area contributed by atoms with Crippen molar-refractivity contribution in [3.05, 3.63) is 29.8 Å². The van der Waals surface area contributed by atoms with E-state index in [2.05, 4.69) is 26.6 Å². The summed E-state index contributed by atoms with van der Waals surface area (Å²) in [7, 11) is 2.17. The molecule has 0 aliphatic carbocycles. The maximum atomic E-state index is 13.0. The number of ether oxygens (including phenoxy) is 1. The van der Waals surface area contributed by atoms with Crippen LogP contribution in [-0.4, -0.2) is 104 Å². The lowest BCUT2D eigenvalue weighted by Crippen LogP contribution is -2.45. The molecule has 0 aromatic heterocycles. The molecule has 160 valence electrons. The summed E-state index contributed by atoms with van der Waals surface area (Å²) >= 11 is 0. The van der Waals surface area contributed by atoms with Crippen molar-refractivity contribution in [1.82, 2.24) is 19.6 Å². The third-order valence-corrected chi connectivity index (χ3v) is 6.68. The minimum atomic E-state index is 0.177. The number of piperazine rings is 1. The first-order valence-corrected chi connectivity index (χ1v) is 11.4. The highest BCUT2D eigenvalue weighted by Crippen LogP contribution is 2.23. The Kier molecular flexibility index (Phi) is 7.06. The molecule has 0 saturated carbocycles. The van der Waals surface area contributed by atoms with Gasteiger partial charge in [-0.3, -0.25) is 9.69 Å². The first kappa shape index (κ1) is 20.6. The molecular formula is C23H36N4O2. The number of hydrogen-bond donors (Lipinski definition) is 0. The maximum absolute atomic E-state index is 13.0. The standard InChI is InChI=1S/C23H36N4O2/c1-24-13-15-25(16-14-24)17-18-29-22-8-6-20(7-9-22)23(28)27-12-4-5-21(27)19-26-10-2-3-11-26/h6-9,21H,2-5,10-19H2,1H3/t21-/m0/s1. The quantitative estimate of drug-likeness (QED) is 0.700. The van der Waals surface area contributed by atoms with E-state index in [4.69, 9.17) is 4.74 Å². The molecule has 3 fully saturated rings. The van der Waals surface area contributed by atoms with Crippen LogP contribution >= 0.6 is 0 Å². The van der Waals surface area contributed by atoms with Gasteiger partial charge in [-0.05, 0) is 70.1 Å². The first-order chi connectivity index (χ1) is 14.2. The molecule has 3 aliphatic heterocycles. The first-order valence-electron chi connectivity index (χ1n) is 11.4. The predicted octanol–water partition coefficient (Wildman–Crippen LogP) is 2.01. The van der Waals surface area contributed by atoms with Gasteiger partial charge in [0.2, 0.25) is 0 Å². The zero-order valence-electron chi connectivity index (χ0n) is 17.9. The maximum Gasteiger partial charge on any atom is 0.254 e. The van der Waals surface area contributed by atoms with Gasteiger partial charge in [-0.25, -0.2) is 0 Å². The van der Waals surface area contributed by atoms with Gasteiger partial charge in [0.15, 0.2) is 0 Å². The van der Waals surface area contributed by atoms with Crippen LogP contribution in [-0.2, 0) is 0 Å². The molecule has 3 aliphatic rings. The topological polar surface area (TPSA) is 39.3 Å². The fraction of sp³-hybridized carbons (Fsp3) is 0.696. The molecule has 29 heavy (non-hydrogen) atoms. The van der Waals surface area contributed by atoms with Crippen LogP contribution in [0, 0.1) is 0 Å². The average molecular weight is 401 g/mol. The summed E-state index contributed by atoms with van der Waals surface area (Å²) in [5.41, 5.74) is 0.782. The molecule has 0 N–H and O–H groups in total. The molecule has 1 amide bonds. The molecule has 0 radical (unpaired) electrons. The van der Waals surface area contributed by atoms with Crippen LogP contribution in [0.4, 0.5) is 0 Å². The van der Waals surface area contributed by atoms with Gasteiger partial charge in [-0.15, -0.1) is 0 Å². The second-order valence-electron chi connectivity index (χ2n) is 8.82. The zero-order valence-corrected chi connectivity index (χ0v) is 17.9. The third kappa shape index (κ3) is 5.50. The number of likely N-dealkylation sites (N-methyl/N-ethyl adjacent to an activating group) is 1. The van der Waals surface area contributed by atoms with Crippen molar-refractivity contribution in [2.24, 2.45) is 0 Å². The molecule has 3 heterocycles. The summed E-state index contributed by atoms with van der Waals surface area (Å²) in [5, 5.41) is 0. The molecule has 0 bridgehead atoms. The van der Waals surface area contributed by atoms with E-state index in [9.17, 15) is 4.79 Å². The van der Waals surface area contributed by atoms with Crippen LogP contribution in [0.2, 0.25) is 0 Å². The van der Waals surface area contributed by atoms with Crippen molar-refractivity contribution in [3.8, 4) is 5.75 Å². The summed E-state index contributed by atoms with van der Waals surface area (Å²) in [6.45, 7) is 10.5. The van der Waals surface area contributed by atoms with E-state index in [0.29, 0.717) is 12.6 Å². The number of hydrogen-bond acceptors (Lipinski definition) is 5. The molecule has 0 unspecified atom stereocenters. The van der Waals surface area contributed by atoms with Crippen molar-refractivity contribution in [2.45, 2.75) is 31.7 Å². The Bertz CT molecular complexity index is 651. The van der Waals surface area contributed by atoms with Crippen molar-refractivity contribution < 1.29 is 9.53 Å². The van der Waals surface area contributed by atoms with Gasteiger partial charge >= 0.3 is 0 Å². The highest BCUT2D eigenvalue weighted by Gasteiger charge is 2.31. The number of benzene rings is 1. The molecule has 4 rings (SSSR count). The summed E-state index contributed by atoms with van der Waals surface area (Å²) in [6.07, 6.45) is 4.86. The van der Waals surface area contributed by atoms with Crippen LogP contribution < -0.4 is 4.74 Å². The number of rotatable bonds is 7. The van der Waals surface area contributed by atoms with E-state index in [1.165, 1.54) is 25.9 Å². The van der Waals surface area contributed by atoms with E-state index < -0.39 is 0 Å². The van der Waals surface area contributed by atoms with E-state index in [-0.39, 0.29) is 5.91 Å². The monoisotopic (exact) mass is 400 g/mol. The lowest BCUT2D eigenvalue weighted by Gasteiger charge is -2.32. The van der Waals surface area contributed by atoms with E-state index in [1.807, 2.05) is 24.3 Å². The van der Waals surface area contributed by atoms with Crippen molar-refractivity contribution in [1.29, 1.82) is 0 Å². The number of amides is 1. The van der Waals surface area contributed by atoms with Gasteiger partial charge in [0.1, 0.15) is 12.4 Å². The Morgan fingerprint density at radius 2 is 1.66 bits per heavy atom. The van der Waals surface area contributed by atoms with Gasteiger partial charge < -0.3 is 19.4 Å². The van der Waals surface area contributed by atoms with E-state index in [1.54, 1.807) is 0 Å². The van der Waals surface area contributed by atoms with Gasteiger partial charge in [-0.2, -0.15) is 0 Å². The fourth-order valence-corrected chi connectivity index (χ4v) is 4.78. The SMILES string of the molecule is CN1CCN(CCOc2ccc(C(=O)N3CCC[C@H]3CN3CCCC3)cc2)CC1. The number of carbonyl (C=O) groups is 1. The minimum Gasteiger partial charge on any atom is -0.492 e. The van der Waals surface area contributed by atoms with Crippen LogP contribution in [0.25, 0.3) is 0 Å². The number of likely N-dealkylation sites (tertiary alicyclic amines) is 2. The molecule has 0 spiro atoms. The van der Waals surface area contributed by atoms with Crippen LogP contribution in [0.5, 0.6) is 5.75 Å².